The second-order valence-corrected chi connectivity index (χ2v) is 4.63. The van der Waals surface area contributed by atoms with E-state index < -0.39 is 0 Å². The van der Waals surface area contributed by atoms with Crippen molar-refractivity contribution in [3.05, 3.63) is 35.1 Å². The zero-order valence-electron chi connectivity index (χ0n) is 9.53. The third kappa shape index (κ3) is 3.84. The monoisotopic (exact) mass is 238 g/mol. The molecule has 0 atom stereocenters. The summed E-state index contributed by atoms with van der Waals surface area (Å²) >= 11 is 1.77. The molecule has 1 aromatic rings. The number of hydrogen-bond acceptors (Lipinski definition) is 3. The maximum absolute atomic E-state index is 13.5. The number of thioether (sulfide) groups is 1. The van der Waals surface area contributed by atoms with Crippen LogP contribution in [0.25, 0.3) is 0 Å². The van der Waals surface area contributed by atoms with Gasteiger partial charge in [-0.1, -0.05) is 6.07 Å². The predicted octanol–water partition coefficient (Wildman–Crippen LogP) is 2.49. The van der Waals surface area contributed by atoms with Crippen LogP contribution in [0.4, 0.5) is 4.39 Å². The predicted molar refractivity (Wildman–Crippen MR) is 65.8 cm³/mol. The molecule has 0 heterocycles. The van der Waals surface area contributed by atoms with Crippen LogP contribution in [0.5, 0.6) is 0 Å². The molecule has 0 aliphatic carbocycles. The Morgan fingerprint density at radius 2 is 2.25 bits per heavy atom. The van der Waals surface area contributed by atoms with Gasteiger partial charge >= 0.3 is 0 Å². The second kappa shape index (κ2) is 6.51. The zero-order chi connectivity index (χ0) is 12.0. The standard InChI is InChI=1S/C12H15FN2S/c1-15(5-6-16-2)9-11-4-3-10(8-14)7-12(11)13/h3-4,7H,5-6,9H2,1-2H3. The zero-order valence-corrected chi connectivity index (χ0v) is 10.4. The van der Waals surface area contributed by atoms with Gasteiger partial charge in [0.25, 0.3) is 0 Å². The van der Waals surface area contributed by atoms with Crippen LogP contribution >= 0.6 is 11.8 Å². The van der Waals surface area contributed by atoms with E-state index in [9.17, 15) is 4.39 Å². The minimum atomic E-state index is -0.296. The first-order valence-electron chi connectivity index (χ1n) is 5.03. The minimum Gasteiger partial charge on any atom is -0.301 e. The second-order valence-electron chi connectivity index (χ2n) is 3.65. The summed E-state index contributed by atoms with van der Waals surface area (Å²) in [5, 5.41) is 8.62. The van der Waals surface area contributed by atoms with Crippen LogP contribution in [-0.2, 0) is 6.54 Å². The molecule has 0 fully saturated rings. The Bertz CT molecular complexity index is 387. The SMILES string of the molecule is CSCCN(C)Cc1ccc(C#N)cc1F. The van der Waals surface area contributed by atoms with E-state index in [1.165, 1.54) is 6.07 Å². The molecule has 0 saturated heterocycles. The van der Waals surface area contributed by atoms with Gasteiger partial charge in [-0.3, -0.25) is 0 Å². The molecule has 0 aromatic heterocycles. The maximum Gasteiger partial charge on any atom is 0.129 e. The third-order valence-electron chi connectivity index (χ3n) is 2.30. The Morgan fingerprint density at radius 1 is 1.50 bits per heavy atom. The Morgan fingerprint density at radius 3 is 2.81 bits per heavy atom. The highest BCUT2D eigenvalue weighted by Gasteiger charge is 2.06. The van der Waals surface area contributed by atoms with Gasteiger partial charge in [-0.05, 0) is 25.4 Å². The van der Waals surface area contributed by atoms with E-state index >= 15 is 0 Å². The fraction of sp³-hybridized carbons (Fsp3) is 0.417. The molecule has 0 aliphatic rings. The minimum absolute atomic E-state index is 0.296. The molecule has 0 amide bonds. The number of halogens is 1. The van der Waals surface area contributed by atoms with Crippen LogP contribution < -0.4 is 0 Å². The van der Waals surface area contributed by atoms with Crippen molar-refractivity contribution in [2.24, 2.45) is 0 Å². The third-order valence-corrected chi connectivity index (χ3v) is 2.89. The van der Waals surface area contributed by atoms with Crippen molar-refractivity contribution in [1.29, 1.82) is 5.26 Å². The smallest absolute Gasteiger partial charge is 0.129 e. The Balaban J connectivity index is 2.64. The summed E-state index contributed by atoms with van der Waals surface area (Å²) in [4.78, 5) is 2.07. The number of hydrogen-bond donors (Lipinski definition) is 0. The summed E-state index contributed by atoms with van der Waals surface area (Å²) in [5.41, 5.74) is 1.01. The normalized spacial score (nSPS) is 10.4. The molecule has 0 saturated carbocycles. The molecular formula is C12H15FN2S. The lowest BCUT2D eigenvalue weighted by molar-refractivity contribution is 0.342. The average Bonchev–Trinajstić information content (AvgIpc) is 2.29. The van der Waals surface area contributed by atoms with Crippen LogP contribution in [0.1, 0.15) is 11.1 Å². The molecule has 1 aromatic carbocycles. The van der Waals surface area contributed by atoms with Crippen LogP contribution in [0.15, 0.2) is 18.2 Å². The van der Waals surface area contributed by atoms with Gasteiger partial charge in [0.15, 0.2) is 0 Å². The number of nitrogens with zero attached hydrogens (tertiary/aromatic N) is 2. The molecular weight excluding hydrogens is 223 g/mol. The molecule has 86 valence electrons. The van der Waals surface area contributed by atoms with Gasteiger partial charge in [-0.2, -0.15) is 17.0 Å². The van der Waals surface area contributed by atoms with E-state index in [1.54, 1.807) is 23.9 Å². The van der Waals surface area contributed by atoms with Gasteiger partial charge in [-0.15, -0.1) is 0 Å². The Labute approximate surface area is 100 Å². The van der Waals surface area contributed by atoms with E-state index in [1.807, 2.05) is 13.1 Å². The van der Waals surface area contributed by atoms with Crippen molar-refractivity contribution >= 4 is 11.8 Å². The van der Waals surface area contributed by atoms with Crippen LogP contribution in [-0.4, -0.2) is 30.5 Å². The van der Waals surface area contributed by atoms with Crippen LogP contribution in [0.2, 0.25) is 0 Å². The summed E-state index contributed by atoms with van der Waals surface area (Å²) in [6.07, 6.45) is 2.05. The quantitative estimate of drug-likeness (QED) is 0.788. The topological polar surface area (TPSA) is 27.0 Å². The number of nitriles is 1. The molecule has 0 N–H and O–H groups in total. The lowest BCUT2D eigenvalue weighted by Crippen LogP contribution is -2.21. The number of benzene rings is 1. The van der Waals surface area contributed by atoms with Gasteiger partial charge in [0.1, 0.15) is 5.82 Å². The highest BCUT2D eigenvalue weighted by Crippen LogP contribution is 2.12. The summed E-state index contributed by atoms with van der Waals surface area (Å²) in [5.74, 6) is 0.740. The summed E-state index contributed by atoms with van der Waals surface area (Å²) < 4.78 is 13.5. The first-order valence-corrected chi connectivity index (χ1v) is 6.42. The van der Waals surface area contributed by atoms with Gasteiger partial charge in [0.05, 0.1) is 11.6 Å². The van der Waals surface area contributed by atoms with E-state index in [0.717, 1.165) is 12.3 Å². The fourth-order valence-corrected chi connectivity index (χ4v) is 1.86. The van der Waals surface area contributed by atoms with Crippen LogP contribution in [0, 0.1) is 17.1 Å². The molecule has 0 radical (unpaired) electrons. The molecule has 0 bridgehead atoms. The van der Waals surface area contributed by atoms with Crippen molar-refractivity contribution in [3.8, 4) is 6.07 Å². The largest absolute Gasteiger partial charge is 0.301 e. The van der Waals surface area contributed by atoms with Crippen molar-refractivity contribution in [3.63, 3.8) is 0 Å². The molecule has 16 heavy (non-hydrogen) atoms. The lowest BCUT2D eigenvalue weighted by Gasteiger charge is -2.16. The van der Waals surface area contributed by atoms with E-state index in [4.69, 9.17) is 5.26 Å². The summed E-state index contributed by atoms with van der Waals surface area (Å²) in [6.45, 7) is 1.51. The van der Waals surface area contributed by atoms with E-state index in [-0.39, 0.29) is 5.82 Å². The van der Waals surface area contributed by atoms with E-state index in [2.05, 4.69) is 11.2 Å². The van der Waals surface area contributed by atoms with Crippen molar-refractivity contribution in [2.45, 2.75) is 6.54 Å². The summed E-state index contributed by atoms with van der Waals surface area (Å²) in [6, 6.07) is 6.55. The Hall–Kier alpha value is -1.05. The van der Waals surface area contributed by atoms with E-state index in [0.29, 0.717) is 17.7 Å². The number of rotatable bonds is 5. The van der Waals surface area contributed by atoms with Gasteiger partial charge in [-0.25, -0.2) is 4.39 Å². The average molecular weight is 238 g/mol. The fourth-order valence-electron chi connectivity index (χ4n) is 1.36. The first-order chi connectivity index (χ1) is 7.67. The first kappa shape index (κ1) is 13.0. The van der Waals surface area contributed by atoms with Gasteiger partial charge in [0, 0.05) is 24.4 Å². The lowest BCUT2D eigenvalue weighted by atomic mass is 10.1. The molecule has 4 heteroatoms. The van der Waals surface area contributed by atoms with Crippen molar-refractivity contribution < 1.29 is 4.39 Å². The molecule has 0 spiro atoms. The Kier molecular flexibility index (Phi) is 5.30. The maximum atomic E-state index is 13.5. The van der Waals surface area contributed by atoms with Gasteiger partial charge < -0.3 is 4.90 Å². The van der Waals surface area contributed by atoms with Gasteiger partial charge in [0.2, 0.25) is 0 Å². The highest BCUT2D eigenvalue weighted by molar-refractivity contribution is 7.98. The molecule has 0 aliphatic heterocycles. The van der Waals surface area contributed by atoms with Crippen molar-refractivity contribution in [2.75, 3.05) is 25.6 Å². The van der Waals surface area contributed by atoms with Crippen LogP contribution in [0.3, 0.4) is 0 Å². The summed E-state index contributed by atoms with van der Waals surface area (Å²) in [7, 11) is 1.97. The molecule has 1 rings (SSSR count). The molecule has 2 nitrogen and oxygen atoms in total. The highest BCUT2D eigenvalue weighted by atomic mass is 32.2. The van der Waals surface area contributed by atoms with Crippen molar-refractivity contribution in [1.82, 2.24) is 4.90 Å². The molecule has 0 unspecified atom stereocenters.